The zero-order valence-corrected chi connectivity index (χ0v) is 10.7. The minimum absolute atomic E-state index is 0.0380. The second kappa shape index (κ2) is 5.05. The largest absolute Gasteiger partial charge is 0.346 e. The minimum atomic E-state index is -0.472. The maximum atomic E-state index is 10.9. The summed E-state index contributed by atoms with van der Waals surface area (Å²) in [6, 6.07) is 0.207. The quantitative estimate of drug-likeness (QED) is 0.466. The molecule has 0 saturated carbocycles. The summed E-state index contributed by atoms with van der Waals surface area (Å²) in [5.41, 5.74) is -0.0897. The molecule has 0 bridgehead atoms. The summed E-state index contributed by atoms with van der Waals surface area (Å²) >= 11 is 7.54. The van der Waals surface area contributed by atoms with Crippen LogP contribution in [0.4, 0.5) is 11.5 Å². The number of nitrogens with zero attached hydrogens (tertiary/aromatic N) is 4. The topological polar surface area (TPSA) is 72.2 Å². The van der Waals surface area contributed by atoms with Gasteiger partial charge in [0.15, 0.2) is 0 Å². The number of hydrogen-bond donors (Lipinski definition) is 0. The highest BCUT2D eigenvalue weighted by Crippen LogP contribution is 2.30. The Morgan fingerprint density at radius 3 is 3.12 bits per heavy atom. The van der Waals surface area contributed by atoms with Gasteiger partial charge in [-0.05, 0) is 18.5 Å². The third-order valence-corrected chi connectivity index (χ3v) is 3.93. The van der Waals surface area contributed by atoms with Crippen molar-refractivity contribution >= 4 is 34.9 Å². The molecule has 0 radical (unpaired) electrons. The van der Waals surface area contributed by atoms with Crippen LogP contribution in [0.2, 0.25) is 5.28 Å². The first kappa shape index (κ1) is 12.4. The highest BCUT2D eigenvalue weighted by molar-refractivity contribution is 7.99. The van der Waals surface area contributed by atoms with Gasteiger partial charge in [-0.15, -0.1) is 0 Å². The number of rotatable bonds is 2. The Morgan fingerprint density at radius 2 is 2.47 bits per heavy atom. The van der Waals surface area contributed by atoms with Crippen LogP contribution in [0.15, 0.2) is 6.20 Å². The van der Waals surface area contributed by atoms with Crippen molar-refractivity contribution in [3.05, 3.63) is 21.6 Å². The monoisotopic (exact) mass is 274 g/mol. The fourth-order valence-electron chi connectivity index (χ4n) is 1.73. The predicted octanol–water partition coefficient (Wildman–Crippen LogP) is 1.98. The van der Waals surface area contributed by atoms with E-state index in [-0.39, 0.29) is 17.0 Å². The van der Waals surface area contributed by atoms with Crippen LogP contribution in [0.1, 0.15) is 6.92 Å². The van der Waals surface area contributed by atoms with Gasteiger partial charge in [0.05, 0.1) is 4.92 Å². The Bertz CT molecular complexity index is 445. The number of hydrogen-bond acceptors (Lipinski definition) is 6. The summed E-state index contributed by atoms with van der Waals surface area (Å²) in [7, 11) is 0. The summed E-state index contributed by atoms with van der Waals surface area (Å²) in [6.07, 6.45) is 1.17. The van der Waals surface area contributed by atoms with Crippen LogP contribution in [0.3, 0.4) is 0 Å². The molecule has 0 N–H and O–H groups in total. The van der Waals surface area contributed by atoms with Crippen molar-refractivity contribution in [1.29, 1.82) is 0 Å². The van der Waals surface area contributed by atoms with Crippen molar-refractivity contribution in [3.63, 3.8) is 0 Å². The van der Waals surface area contributed by atoms with E-state index in [0.29, 0.717) is 5.82 Å². The van der Waals surface area contributed by atoms with Gasteiger partial charge < -0.3 is 4.90 Å². The summed E-state index contributed by atoms with van der Waals surface area (Å²) in [5.74, 6) is 2.19. The van der Waals surface area contributed by atoms with Gasteiger partial charge in [0.1, 0.15) is 6.20 Å². The molecule has 1 aromatic heterocycles. The van der Waals surface area contributed by atoms with Gasteiger partial charge >= 0.3 is 5.69 Å². The molecular weight excluding hydrogens is 264 g/mol. The number of aromatic nitrogens is 2. The van der Waals surface area contributed by atoms with Gasteiger partial charge in [-0.2, -0.15) is 16.7 Å². The van der Waals surface area contributed by atoms with Crippen LogP contribution < -0.4 is 4.90 Å². The van der Waals surface area contributed by atoms with Gasteiger partial charge in [0.2, 0.25) is 11.1 Å². The molecule has 8 heteroatoms. The predicted molar refractivity (Wildman–Crippen MR) is 67.8 cm³/mol. The van der Waals surface area contributed by atoms with Crippen molar-refractivity contribution in [2.75, 3.05) is 23.0 Å². The van der Waals surface area contributed by atoms with E-state index in [0.717, 1.165) is 18.1 Å². The van der Waals surface area contributed by atoms with Gasteiger partial charge in [0.25, 0.3) is 0 Å². The lowest BCUT2D eigenvalue weighted by Crippen LogP contribution is -2.41. The number of halogens is 1. The van der Waals surface area contributed by atoms with Crippen LogP contribution >= 0.6 is 23.4 Å². The molecule has 6 nitrogen and oxygen atoms in total. The Kier molecular flexibility index (Phi) is 3.68. The SMILES string of the molecule is CC1CSCCN1c1nc(Cl)ncc1[N+](=O)[O-]. The van der Waals surface area contributed by atoms with E-state index in [9.17, 15) is 10.1 Å². The Balaban J connectivity index is 2.41. The molecule has 1 unspecified atom stereocenters. The van der Waals surface area contributed by atoms with Crippen LogP contribution in [-0.4, -0.2) is 39.0 Å². The van der Waals surface area contributed by atoms with Crippen molar-refractivity contribution in [1.82, 2.24) is 9.97 Å². The zero-order valence-electron chi connectivity index (χ0n) is 9.17. The molecule has 0 amide bonds. The molecule has 1 atom stereocenters. The first-order chi connectivity index (χ1) is 8.09. The normalized spacial score (nSPS) is 20.4. The Labute approximate surface area is 108 Å². The molecule has 17 heavy (non-hydrogen) atoms. The van der Waals surface area contributed by atoms with Crippen LogP contribution in [0, 0.1) is 10.1 Å². The van der Waals surface area contributed by atoms with Crippen molar-refractivity contribution in [2.45, 2.75) is 13.0 Å². The Morgan fingerprint density at radius 1 is 1.71 bits per heavy atom. The van der Waals surface area contributed by atoms with Gasteiger partial charge in [-0.25, -0.2) is 4.98 Å². The fraction of sp³-hybridized carbons (Fsp3) is 0.556. The van der Waals surface area contributed by atoms with E-state index in [4.69, 9.17) is 11.6 Å². The van der Waals surface area contributed by atoms with Crippen molar-refractivity contribution in [2.24, 2.45) is 0 Å². The first-order valence-electron chi connectivity index (χ1n) is 5.11. The zero-order chi connectivity index (χ0) is 12.4. The maximum Gasteiger partial charge on any atom is 0.329 e. The maximum absolute atomic E-state index is 10.9. The van der Waals surface area contributed by atoms with Crippen molar-refractivity contribution in [3.8, 4) is 0 Å². The number of thioether (sulfide) groups is 1. The average molecular weight is 275 g/mol. The van der Waals surface area contributed by atoms with Crippen molar-refractivity contribution < 1.29 is 4.92 Å². The van der Waals surface area contributed by atoms with E-state index >= 15 is 0 Å². The lowest BCUT2D eigenvalue weighted by atomic mass is 10.3. The highest BCUT2D eigenvalue weighted by atomic mass is 35.5. The average Bonchev–Trinajstić information content (AvgIpc) is 2.29. The third-order valence-electron chi connectivity index (χ3n) is 2.56. The van der Waals surface area contributed by atoms with Crippen LogP contribution in [-0.2, 0) is 0 Å². The molecule has 1 saturated heterocycles. The van der Waals surface area contributed by atoms with E-state index in [1.807, 2.05) is 23.6 Å². The summed E-state index contributed by atoms with van der Waals surface area (Å²) in [5, 5.41) is 11.0. The van der Waals surface area contributed by atoms with E-state index < -0.39 is 4.92 Å². The van der Waals surface area contributed by atoms with Crippen LogP contribution in [0.25, 0.3) is 0 Å². The highest BCUT2D eigenvalue weighted by Gasteiger charge is 2.27. The lowest BCUT2D eigenvalue weighted by Gasteiger charge is -2.33. The van der Waals surface area contributed by atoms with E-state index in [1.54, 1.807) is 0 Å². The second-order valence-corrected chi connectivity index (χ2v) is 5.21. The molecule has 0 spiro atoms. The molecule has 2 rings (SSSR count). The third kappa shape index (κ3) is 2.61. The standard InChI is InChI=1S/C9H11ClN4O2S/c1-6-5-17-3-2-13(6)8-7(14(15)16)4-11-9(10)12-8/h4,6H,2-3,5H2,1H3. The first-order valence-corrected chi connectivity index (χ1v) is 6.64. The molecular formula is C9H11ClN4O2S. The molecule has 0 aromatic carbocycles. The summed E-state index contributed by atoms with van der Waals surface area (Å²) < 4.78 is 0. The smallest absolute Gasteiger partial charge is 0.329 e. The molecule has 0 aliphatic carbocycles. The summed E-state index contributed by atoms with van der Waals surface area (Å²) in [6.45, 7) is 2.76. The molecule has 1 aliphatic heterocycles. The molecule has 1 aliphatic rings. The second-order valence-electron chi connectivity index (χ2n) is 3.72. The van der Waals surface area contributed by atoms with Gasteiger partial charge in [-0.3, -0.25) is 10.1 Å². The lowest BCUT2D eigenvalue weighted by molar-refractivity contribution is -0.384. The number of nitro groups is 1. The molecule has 92 valence electrons. The Hall–Kier alpha value is -1.08. The molecule has 1 fully saturated rings. The van der Waals surface area contributed by atoms with Crippen LogP contribution in [0.5, 0.6) is 0 Å². The van der Waals surface area contributed by atoms with E-state index in [2.05, 4.69) is 9.97 Å². The molecule has 2 heterocycles. The van der Waals surface area contributed by atoms with E-state index in [1.165, 1.54) is 6.20 Å². The van der Waals surface area contributed by atoms with Gasteiger partial charge in [-0.1, -0.05) is 0 Å². The molecule has 1 aromatic rings. The van der Waals surface area contributed by atoms with Gasteiger partial charge in [0, 0.05) is 24.1 Å². The summed E-state index contributed by atoms with van der Waals surface area (Å²) in [4.78, 5) is 20.0. The minimum Gasteiger partial charge on any atom is -0.346 e. The fourth-order valence-corrected chi connectivity index (χ4v) is 2.87. The number of anilines is 1.